The van der Waals surface area contributed by atoms with Gasteiger partial charge in [0.2, 0.25) is 0 Å². The monoisotopic (exact) mass is 247 g/mol. The second-order valence-electron chi connectivity index (χ2n) is 4.71. The highest BCUT2D eigenvalue weighted by atomic mass is 16.3. The van der Waals surface area contributed by atoms with Crippen LogP contribution in [0.15, 0.2) is 35.3 Å². The highest BCUT2D eigenvalue weighted by Crippen LogP contribution is 2.21. The van der Waals surface area contributed by atoms with E-state index < -0.39 is 0 Å². The minimum Gasteiger partial charge on any atom is -0.469 e. The van der Waals surface area contributed by atoms with Gasteiger partial charge >= 0.3 is 0 Å². The third-order valence-corrected chi connectivity index (χ3v) is 3.38. The third kappa shape index (κ3) is 2.82. The zero-order valence-electron chi connectivity index (χ0n) is 11.0. The van der Waals surface area contributed by atoms with Crippen LogP contribution in [-0.2, 0) is 6.42 Å². The lowest BCUT2D eigenvalue weighted by molar-refractivity contribution is 0.437. The van der Waals surface area contributed by atoms with E-state index in [1.165, 1.54) is 0 Å². The molecule has 18 heavy (non-hydrogen) atoms. The first-order chi connectivity index (χ1) is 8.72. The van der Waals surface area contributed by atoms with Crippen molar-refractivity contribution in [1.82, 2.24) is 9.55 Å². The molecule has 2 rings (SSSR count). The van der Waals surface area contributed by atoms with Crippen LogP contribution in [0.5, 0.6) is 0 Å². The third-order valence-electron chi connectivity index (χ3n) is 3.38. The minimum absolute atomic E-state index is 0.0681. The SMILES string of the molecule is CC[C@@H](N)c1cncn1C(C)CCc1ccco1. The van der Waals surface area contributed by atoms with E-state index in [2.05, 4.69) is 23.4 Å². The van der Waals surface area contributed by atoms with Crippen molar-refractivity contribution in [3.8, 4) is 0 Å². The van der Waals surface area contributed by atoms with Gasteiger partial charge in [0.25, 0.3) is 0 Å². The molecule has 0 amide bonds. The van der Waals surface area contributed by atoms with Gasteiger partial charge < -0.3 is 14.7 Å². The number of furan rings is 1. The molecule has 0 fully saturated rings. The van der Waals surface area contributed by atoms with Crippen LogP contribution in [0.2, 0.25) is 0 Å². The number of aromatic nitrogens is 2. The number of imidazole rings is 1. The second kappa shape index (κ2) is 5.87. The smallest absolute Gasteiger partial charge is 0.103 e. The molecular weight excluding hydrogens is 226 g/mol. The summed E-state index contributed by atoms with van der Waals surface area (Å²) in [6.07, 6.45) is 8.35. The molecule has 2 aromatic rings. The van der Waals surface area contributed by atoms with E-state index in [-0.39, 0.29) is 6.04 Å². The summed E-state index contributed by atoms with van der Waals surface area (Å²) in [6.45, 7) is 4.28. The minimum atomic E-state index is 0.0681. The molecule has 0 aromatic carbocycles. The van der Waals surface area contributed by atoms with Crippen molar-refractivity contribution in [1.29, 1.82) is 0 Å². The lowest BCUT2D eigenvalue weighted by atomic mass is 10.1. The van der Waals surface area contributed by atoms with Gasteiger partial charge in [0.05, 0.1) is 18.3 Å². The lowest BCUT2D eigenvalue weighted by Crippen LogP contribution is -2.17. The van der Waals surface area contributed by atoms with Crippen LogP contribution >= 0.6 is 0 Å². The van der Waals surface area contributed by atoms with E-state index >= 15 is 0 Å². The topological polar surface area (TPSA) is 57.0 Å². The van der Waals surface area contributed by atoms with E-state index in [1.54, 1.807) is 6.26 Å². The molecule has 98 valence electrons. The molecule has 0 aliphatic rings. The van der Waals surface area contributed by atoms with E-state index in [9.17, 15) is 0 Å². The molecule has 0 spiro atoms. The fourth-order valence-corrected chi connectivity index (χ4v) is 2.12. The Hall–Kier alpha value is -1.55. The molecule has 2 N–H and O–H groups in total. The highest BCUT2D eigenvalue weighted by Gasteiger charge is 2.14. The van der Waals surface area contributed by atoms with Gasteiger partial charge in [-0.05, 0) is 31.9 Å². The van der Waals surface area contributed by atoms with Crippen molar-refractivity contribution >= 4 is 0 Å². The summed E-state index contributed by atoms with van der Waals surface area (Å²) in [6, 6.07) is 4.39. The van der Waals surface area contributed by atoms with Gasteiger partial charge in [-0.2, -0.15) is 0 Å². The average molecular weight is 247 g/mol. The standard InChI is InChI=1S/C14H21N3O/c1-3-13(15)14-9-16-10-17(14)11(2)6-7-12-5-4-8-18-12/h4-5,8-11,13H,3,6-7,15H2,1-2H3/t11?,13-/m1/s1. The summed E-state index contributed by atoms with van der Waals surface area (Å²) in [4.78, 5) is 4.22. The maximum Gasteiger partial charge on any atom is 0.103 e. The fourth-order valence-electron chi connectivity index (χ4n) is 2.12. The molecule has 0 saturated heterocycles. The number of nitrogens with zero attached hydrogens (tertiary/aromatic N) is 2. The van der Waals surface area contributed by atoms with Gasteiger partial charge in [-0.15, -0.1) is 0 Å². The molecule has 0 saturated carbocycles. The van der Waals surface area contributed by atoms with E-state index in [0.29, 0.717) is 6.04 Å². The summed E-state index contributed by atoms with van der Waals surface area (Å²) in [7, 11) is 0. The van der Waals surface area contributed by atoms with Crippen molar-refractivity contribution in [2.75, 3.05) is 0 Å². The van der Waals surface area contributed by atoms with Crippen molar-refractivity contribution < 1.29 is 4.42 Å². The zero-order chi connectivity index (χ0) is 13.0. The van der Waals surface area contributed by atoms with Gasteiger partial charge in [0.1, 0.15) is 5.76 Å². The van der Waals surface area contributed by atoms with Gasteiger partial charge in [-0.1, -0.05) is 6.92 Å². The maximum atomic E-state index is 6.09. The van der Waals surface area contributed by atoms with E-state index in [1.807, 2.05) is 24.7 Å². The van der Waals surface area contributed by atoms with Crippen LogP contribution in [0, 0.1) is 0 Å². The maximum absolute atomic E-state index is 6.09. The second-order valence-corrected chi connectivity index (χ2v) is 4.71. The molecule has 2 aromatic heterocycles. The zero-order valence-corrected chi connectivity index (χ0v) is 11.0. The number of rotatable bonds is 6. The molecule has 0 aliphatic heterocycles. The lowest BCUT2D eigenvalue weighted by Gasteiger charge is -2.19. The first kappa shape index (κ1) is 12.9. The van der Waals surface area contributed by atoms with Gasteiger partial charge in [0.15, 0.2) is 0 Å². The molecule has 0 radical (unpaired) electrons. The molecule has 4 nitrogen and oxygen atoms in total. The summed E-state index contributed by atoms with van der Waals surface area (Å²) >= 11 is 0. The molecule has 2 atom stereocenters. The number of nitrogens with two attached hydrogens (primary N) is 1. The summed E-state index contributed by atoms with van der Waals surface area (Å²) in [5.41, 5.74) is 7.20. The molecular formula is C14H21N3O. The predicted octanol–water partition coefficient (Wildman–Crippen LogP) is 3.08. The van der Waals surface area contributed by atoms with Crippen LogP contribution in [0.3, 0.4) is 0 Å². The summed E-state index contributed by atoms with van der Waals surface area (Å²) in [5.74, 6) is 1.03. The van der Waals surface area contributed by atoms with E-state index in [0.717, 1.165) is 30.7 Å². The Morgan fingerprint density at radius 1 is 1.50 bits per heavy atom. The van der Waals surface area contributed by atoms with Gasteiger partial charge in [-0.3, -0.25) is 0 Å². The number of aryl methyl sites for hydroxylation is 1. The Bertz CT molecular complexity index is 461. The van der Waals surface area contributed by atoms with Crippen LogP contribution in [0.25, 0.3) is 0 Å². The predicted molar refractivity (Wildman–Crippen MR) is 71.2 cm³/mol. The Kier molecular flexibility index (Phi) is 4.20. The van der Waals surface area contributed by atoms with E-state index in [4.69, 9.17) is 10.2 Å². The average Bonchev–Trinajstić information content (AvgIpc) is 3.05. The first-order valence-electron chi connectivity index (χ1n) is 6.52. The Morgan fingerprint density at radius 3 is 3.00 bits per heavy atom. The van der Waals surface area contributed by atoms with Crippen molar-refractivity contribution in [3.05, 3.63) is 42.4 Å². The Labute approximate surface area is 108 Å². The van der Waals surface area contributed by atoms with Gasteiger partial charge in [0, 0.05) is 24.7 Å². The largest absolute Gasteiger partial charge is 0.469 e. The van der Waals surface area contributed by atoms with Gasteiger partial charge in [-0.25, -0.2) is 4.98 Å². The van der Waals surface area contributed by atoms with Crippen LogP contribution in [0.1, 0.15) is 50.2 Å². The number of hydrogen-bond acceptors (Lipinski definition) is 3. The molecule has 0 bridgehead atoms. The Balaban J connectivity index is 2.00. The fraction of sp³-hybridized carbons (Fsp3) is 0.500. The van der Waals surface area contributed by atoms with Crippen molar-refractivity contribution in [2.24, 2.45) is 5.73 Å². The molecule has 1 unspecified atom stereocenters. The number of hydrogen-bond donors (Lipinski definition) is 1. The molecule has 2 heterocycles. The first-order valence-corrected chi connectivity index (χ1v) is 6.52. The van der Waals surface area contributed by atoms with Crippen LogP contribution in [0.4, 0.5) is 0 Å². The normalized spacial score (nSPS) is 14.6. The van der Waals surface area contributed by atoms with Crippen molar-refractivity contribution in [3.63, 3.8) is 0 Å². The van der Waals surface area contributed by atoms with Crippen LogP contribution < -0.4 is 5.73 Å². The quantitative estimate of drug-likeness (QED) is 0.853. The summed E-state index contributed by atoms with van der Waals surface area (Å²) < 4.78 is 7.53. The van der Waals surface area contributed by atoms with Crippen molar-refractivity contribution in [2.45, 2.75) is 45.2 Å². The Morgan fingerprint density at radius 2 is 2.33 bits per heavy atom. The highest BCUT2D eigenvalue weighted by molar-refractivity contribution is 5.06. The molecule has 0 aliphatic carbocycles. The molecule has 4 heteroatoms. The summed E-state index contributed by atoms with van der Waals surface area (Å²) in [5, 5.41) is 0. The van der Waals surface area contributed by atoms with Crippen LogP contribution in [-0.4, -0.2) is 9.55 Å².